The summed E-state index contributed by atoms with van der Waals surface area (Å²) in [5.41, 5.74) is 2.59. The van der Waals surface area contributed by atoms with Gasteiger partial charge in [-0.05, 0) is 69.3 Å². The SMILES string of the molecule is CC(c1ncc(-c2ccc(Oc3cc(Cl)ccc3C=O)cc2)n1C)N1CCCC1. The zero-order chi connectivity index (χ0) is 20.4. The van der Waals surface area contributed by atoms with Crippen molar-refractivity contribution >= 4 is 17.9 Å². The van der Waals surface area contributed by atoms with E-state index in [0.29, 0.717) is 28.1 Å². The second-order valence-electron chi connectivity index (χ2n) is 7.41. The minimum Gasteiger partial charge on any atom is -0.457 e. The van der Waals surface area contributed by atoms with E-state index < -0.39 is 0 Å². The number of hydrogen-bond donors (Lipinski definition) is 0. The normalized spacial score (nSPS) is 15.4. The van der Waals surface area contributed by atoms with Crippen LogP contribution in [0.25, 0.3) is 11.3 Å². The standard InChI is InChI=1S/C23H24ClN3O2/c1-16(27-11-3-4-12-27)23-25-14-21(26(23)2)17-6-9-20(10-7-17)29-22-13-19(24)8-5-18(22)15-28/h5-10,13-16H,3-4,11-12H2,1-2H3. The van der Waals surface area contributed by atoms with Gasteiger partial charge in [0.1, 0.15) is 17.3 Å². The lowest BCUT2D eigenvalue weighted by Gasteiger charge is -2.23. The number of likely N-dealkylation sites (tertiary alicyclic amines) is 1. The second kappa shape index (κ2) is 8.39. The topological polar surface area (TPSA) is 47.4 Å². The van der Waals surface area contributed by atoms with Crippen LogP contribution in [0.3, 0.4) is 0 Å². The highest BCUT2D eigenvalue weighted by atomic mass is 35.5. The number of aldehydes is 1. The molecule has 0 spiro atoms. The largest absolute Gasteiger partial charge is 0.457 e. The molecule has 0 aliphatic carbocycles. The van der Waals surface area contributed by atoms with Crippen molar-refractivity contribution in [1.82, 2.24) is 14.5 Å². The van der Waals surface area contributed by atoms with Crippen molar-refractivity contribution in [3.8, 4) is 22.8 Å². The summed E-state index contributed by atoms with van der Waals surface area (Å²) in [5.74, 6) is 2.17. The van der Waals surface area contributed by atoms with E-state index in [9.17, 15) is 4.79 Å². The van der Waals surface area contributed by atoms with Crippen LogP contribution in [0.2, 0.25) is 5.02 Å². The Morgan fingerprint density at radius 1 is 1.14 bits per heavy atom. The first-order valence-electron chi connectivity index (χ1n) is 9.85. The summed E-state index contributed by atoms with van der Waals surface area (Å²) >= 11 is 6.03. The summed E-state index contributed by atoms with van der Waals surface area (Å²) < 4.78 is 8.04. The summed E-state index contributed by atoms with van der Waals surface area (Å²) in [6.45, 7) is 4.51. The number of carbonyl (C=O) groups is 1. The van der Waals surface area contributed by atoms with Crippen LogP contribution in [0.5, 0.6) is 11.5 Å². The molecular weight excluding hydrogens is 386 g/mol. The minimum atomic E-state index is 0.309. The van der Waals surface area contributed by atoms with Crippen molar-refractivity contribution in [1.29, 1.82) is 0 Å². The Labute approximate surface area is 175 Å². The Morgan fingerprint density at radius 3 is 2.55 bits per heavy atom. The smallest absolute Gasteiger partial charge is 0.153 e. The molecule has 29 heavy (non-hydrogen) atoms. The predicted octanol–water partition coefficient (Wildman–Crippen LogP) is 5.50. The molecule has 1 aliphatic heterocycles. The van der Waals surface area contributed by atoms with E-state index >= 15 is 0 Å². The van der Waals surface area contributed by atoms with Crippen molar-refractivity contribution in [3.05, 3.63) is 65.1 Å². The van der Waals surface area contributed by atoms with Crippen molar-refractivity contribution in [2.75, 3.05) is 13.1 Å². The van der Waals surface area contributed by atoms with Crippen LogP contribution in [0, 0.1) is 0 Å². The van der Waals surface area contributed by atoms with Crippen LogP contribution in [-0.4, -0.2) is 33.8 Å². The molecule has 0 saturated carbocycles. The van der Waals surface area contributed by atoms with Gasteiger partial charge in [-0.2, -0.15) is 0 Å². The number of ether oxygens (including phenoxy) is 1. The van der Waals surface area contributed by atoms with Crippen LogP contribution >= 0.6 is 11.6 Å². The number of benzene rings is 2. The number of rotatable bonds is 6. The Kier molecular flexibility index (Phi) is 5.69. The third-order valence-corrected chi connectivity index (χ3v) is 5.80. The molecule has 0 radical (unpaired) electrons. The molecule has 5 nitrogen and oxygen atoms in total. The monoisotopic (exact) mass is 409 g/mol. The van der Waals surface area contributed by atoms with Crippen LogP contribution in [-0.2, 0) is 7.05 Å². The summed E-state index contributed by atoms with van der Waals surface area (Å²) in [7, 11) is 2.07. The lowest BCUT2D eigenvalue weighted by atomic mass is 10.1. The van der Waals surface area contributed by atoms with Gasteiger partial charge in [0.25, 0.3) is 0 Å². The molecule has 3 aromatic rings. The van der Waals surface area contributed by atoms with Crippen LogP contribution in [0.1, 0.15) is 42.0 Å². The lowest BCUT2D eigenvalue weighted by molar-refractivity contribution is 0.112. The summed E-state index contributed by atoms with van der Waals surface area (Å²) in [5, 5.41) is 0.525. The van der Waals surface area contributed by atoms with E-state index in [1.165, 1.54) is 12.8 Å². The van der Waals surface area contributed by atoms with Gasteiger partial charge in [-0.15, -0.1) is 0 Å². The minimum absolute atomic E-state index is 0.309. The molecule has 2 heterocycles. The number of carbonyl (C=O) groups excluding carboxylic acids is 1. The molecule has 0 amide bonds. The molecule has 1 aliphatic rings. The second-order valence-corrected chi connectivity index (χ2v) is 7.84. The lowest BCUT2D eigenvalue weighted by Crippen LogP contribution is -2.25. The first kappa shape index (κ1) is 19.7. The first-order chi connectivity index (χ1) is 14.1. The zero-order valence-corrected chi connectivity index (χ0v) is 17.4. The first-order valence-corrected chi connectivity index (χ1v) is 10.2. The molecule has 6 heteroatoms. The summed E-state index contributed by atoms with van der Waals surface area (Å²) in [6.07, 6.45) is 5.22. The van der Waals surface area contributed by atoms with Crippen molar-refractivity contribution < 1.29 is 9.53 Å². The van der Waals surface area contributed by atoms with Crippen molar-refractivity contribution in [2.24, 2.45) is 7.05 Å². The number of imidazole rings is 1. The number of hydrogen-bond acceptors (Lipinski definition) is 4. The molecule has 0 N–H and O–H groups in total. The van der Waals surface area contributed by atoms with E-state index in [4.69, 9.17) is 21.3 Å². The molecular formula is C23H24ClN3O2. The average Bonchev–Trinajstić information content (AvgIpc) is 3.39. The van der Waals surface area contributed by atoms with Gasteiger partial charge in [0.2, 0.25) is 0 Å². The Hall–Kier alpha value is -2.63. The van der Waals surface area contributed by atoms with Gasteiger partial charge in [0, 0.05) is 23.7 Å². The van der Waals surface area contributed by atoms with Crippen LogP contribution in [0.4, 0.5) is 0 Å². The van der Waals surface area contributed by atoms with Gasteiger partial charge in [-0.1, -0.05) is 11.6 Å². The third-order valence-electron chi connectivity index (χ3n) is 5.57. The van der Waals surface area contributed by atoms with Crippen LogP contribution in [0.15, 0.2) is 48.7 Å². The molecule has 1 aromatic heterocycles. The molecule has 150 valence electrons. The molecule has 1 unspecified atom stereocenters. The molecule has 0 bridgehead atoms. The fourth-order valence-corrected chi connectivity index (χ4v) is 4.05. The van der Waals surface area contributed by atoms with Crippen LogP contribution < -0.4 is 4.74 Å². The maximum Gasteiger partial charge on any atom is 0.153 e. The molecule has 2 aromatic carbocycles. The highest BCUT2D eigenvalue weighted by molar-refractivity contribution is 6.30. The Bertz CT molecular complexity index is 1010. The number of nitrogens with zero attached hydrogens (tertiary/aromatic N) is 3. The fourth-order valence-electron chi connectivity index (χ4n) is 3.89. The molecule has 1 atom stereocenters. The predicted molar refractivity (Wildman–Crippen MR) is 115 cm³/mol. The van der Waals surface area contributed by atoms with Gasteiger partial charge in [0.05, 0.1) is 23.5 Å². The molecule has 1 saturated heterocycles. The zero-order valence-electron chi connectivity index (χ0n) is 16.6. The quantitative estimate of drug-likeness (QED) is 0.504. The van der Waals surface area contributed by atoms with E-state index in [0.717, 1.165) is 36.5 Å². The number of halogens is 1. The maximum atomic E-state index is 11.2. The van der Waals surface area contributed by atoms with E-state index in [2.05, 4.69) is 23.4 Å². The third kappa shape index (κ3) is 4.07. The van der Waals surface area contributed by atoms with Gasteiger partial charge < -0.3 is 9.30 Å². The Balaban J connectivity index is 1.54. The van der Waals surface area contributed by atoms with E-state index in [1.54, 1.807) is 18.2 Å². The molecule has 4 rings (SSSR count). The van der Waals surface area contributed by atoms with Gasteiger partial charge in [0.15, 0.2) is 6.29 Å². The maximum absolute atomic E-state index is 11.2. The summed E-state index contributed by atoms with van der Waals surface area (Å²) in [6, 6.07) is 13.1. The van der Waals surface area contributed by atoms with E-state index in [-0.39, 0.29) is 0 Å². The summed E-state index contributed by atoms with van der Waals surface area (Å²) in [4.78, 5) is 18.4. The highest BCUT2D eigenvalue weighted by Crippen LogP contribution is 2.31. The van der Waals surface area contributed by atoms with Gasteiger partial charge in [-0.25, -0.2) is 4.98 Å². The van der Waals surface area contributed by atoms with Crippen molar-refractivity contribution in [2.45, 2.75) is 25.8 Å². The fraction of sp³-hybridized carbons (Fsp3) is 0.304. The average molecular weight is 410 g/mol. The highest BCUT2D eigenvalue weighted by Gasteiger charge is 2.23. The van der Waals surface area contributed by atoms with Crippen molar-refractivity contribution in [3.63, 3.8) is 0 Å². The molecule has 1 fully saturated rings. The number of aromatic nitrogens is 2. The Morgan fingerprint density at radius 2 is 1.86 bits per heavy atom. The van der Waals surface area contributed by atoms with Gasteiger partial charge in [-0.3, -0.25) is 9.69 Å². The van der Waals surface area contributed by atoms with Gasteiger partial charge >= 0.3 is 0 Å². The van der Waals surface area contributed by atoms with E-state index in [1.807, 2.05) is 30.5 Å².